The quantitative estimate of drug-likeness (QED) is 0.843. The van der Waals surface area contributed by atoms with E-state index in [0.717, 1.165) is 42.8 Å². The Hall–Kier alpha value is -2.16. The molecule has 9 heteroatoms. The highest BCUT2D eigenvalue weighted by Gasteiger charge is 2.33. The third-order valence-electron chi connectivity index (χ3n) is 4.14. The molecule has 0 aliphatic carbocycles. The summed E-state index contributed by atoms with van der Waals surface area (Å²) in [6.07, 6.45) is 3.74. The Bertz CT molecular complexity index is 705. The summed E-state index contributed by atoms with van der Waals surface area (Å²) in [5, 5.41) is 5.39. The number of amides is 2. The van der Waals surface area contributed by atoms with Gasteiger partial charge in [-0.05, 0) is 6.92 Å². The SMILES string of the molecule is Cc1nsc(N2CC(n3cc(N4CCN(C)C4=O)cn3)C2)n1. The first-order chi connectivity index (χ1) is 10.6. The van der Waals surface area contributed by atoms with E-state index in [9.17, 15) is 4.79 Å². The van der Waals surface area contributed by atoms with Crippen LogP contribution in [-0.4, -0.2) is 63.3 Å². The van der Waals surface area contributed by atoms with Gasteiger partial charge < -0.3 is 9.80 Å². The number of rotatable bonds is 3. The fourth-order valence-corrected chi connectivity index (χ4v) is 3.44. The number of carbonyl (C=O) groups excluding carboxylic acids is 1. The van der Waals surface area contributed by atoms with Crippen molar-refractivity contribution < 1.29 is 4.79 Å². The zero-order chi connectivity index (χ0) is 15.3. The summed E-state index contributed by atoms with van der Waals surface area (Å²) >= 11 is 1.43. The lowest BCUT2D eigenvalue weighted by Crippen LogP contribution is -2.48. The molecule has 0 aromatic carbocycles. The normalized spacial score (nSPS) is 19.2. The molecule has 8 nitrogen and oxygen atoms in total. The third kappa shape index (κ3) is 2.12. The molecule has 0 unspecified atom stereocenters. The van der Waals surface area contributed by atoms with E-state index < -0.39 is 0 Å². The molecule has 0 N–H and O–H groups in total. The standard InChI is InChI=1S/C13H17N7OS/c1-9-15-12(22-16-9)18-6-11(7-18)20-8-10(5-14-20)19-4-3-17(2)13(19)21/h5,8,11H,3-4,6-7H2,1-2H3. The molecule has 0 atom stereocenters. The summed E-state index contributed by atoms with van der Waals surface area (Å²) in [6, 6.07) is 0.368. The summed E-state index contributed by atoms with van der Waals surface area (Å²) in [6.45, 7) is 5.15. The van der Waals surface area contributed by atoms with Gasteiger partial charge in [0.1, 0.15) is 5.82 Å². The zero-order valence-electron chi connectivity index (χ0n) is 12.5. The van der Waals surface area contributed by atoms with Crippen LogP contribution in [0.1, 0.15) is 11.9 Å². The van der Waals surface area contributed by atoms with Crippen LogP contribution in [0.25, 0.3) is 0 Å². The largest absolute Gasteiger partial charge is 0.342 e. The molecule has 0 spiro atoms. The molecule has 116 valence electrons. The molecule has 0 radical (unpaired) electrons. The first-order valence-corrected chi connectivity index (χ1v) is 8.01. The Morgan fingerprint density at radius 3 is 2.77 bits per heavy atom. The minimum atomic E-state index is 0.0409. The maximum absolute atomic E-state index is 12.0. The van der Waals surface area contributed by atoms with Crippen molar-refractivity contribution in [2.24, 2.45) is 0 Å². The molecule has 2 aromatic heterocycles. The van der Waals surface area contributed by atoms with Crippen molar-refractivity contribution >= 4 is 28.4 Å². The topological polar surface area (TPSA) is 70.4 Å². The second-order valence-electron chi connectivity index (χ2n) is 5.72. The number of hydrogen-bond acceptors (Lipinski definition) is 6. The maximum atomic E-state index is 12.0. The van der Waals surface area contributed by atoms with Gasteiger partial charge in [-0.3, -0.25) is 9.58 Å². The number of anilines is 2. The van der Waals surface area contributed by atoms with Gasteiger partial charge >= 0.3 is 6.03 Å². The van der Waals surface area contributed by atoms with E-state index in [2.05, 4.69) is 19.4 Å². The van der Waals surface area contributed by atoms with Crippen molar-refractivity contribution in [3.8, 4) is 0 Å². The lowest BCUT2D eigenvalue weighted by Gasteiger charge is -2.38. The van der Waals surface area contributed by atoms with Crippen LogP contribution in [0.4, 0.5) is 15.6 Å². The van der Waals surface area contributed by atoms with Crippen LogP contribution in [0.3, 0.4) is 0 Å². The van der Waals surface area contributed by atoms with Crippen LogP contribution in [0.2, 0.25) is 0 Å². The van der Waals surface area contributed by atoms with E-state index in [-0.39, 0.29) is 6.03 Å². The summed E-state index contributed by atoms with van der Waals surface area (Å²) in [4.78, 5) is 22.1. The van der Waals surface area contributed by atoms with Crippen LogP contribution in [0.5, 0.6) is 0 Å². The molecule has 22 heavy (non-hydrogen) atoms. The summed E-state index contributed by atoms with van der Waals surface area (Å²) in [5.74, 6) is 0.821. The van der Waals surface area contributed by atoms with Gasteiger partial charge in [-0.25, -0.2) is 9.78 Å². The van der Waals surface area contributed by atoms with Gasteiger partial charge in [-0.2, -0.15) is 9.47 Å². The molecular formula is C13H17N7OS. The van der Waals surface area contributed by atoms with Crippen LogP contribution in [-0.2, 0) is 0 Å². The second kappa shape index (κ2) is 4.94. The predicted molar refractivity (Wildman–Crippen MR) is 83.5 cm³/mol. The van der Waals surface area contributed by atoms with E-state index in [1.54, 1.807) is 16.0 Å². The molecular weight excluding hydrogens is 302 g/mol. The fourth-order valence-electron chi connectivity index (χ4n) is 2.75. The highest BCUT2D eigenvalue weighted by Crippen LogP contribution is 2.30. The minimum absolute atomic E-state index is 0.0409. The highest BCUT2D eigenvalue weighted by atomic mass is 32.1. The summed E-state index contributed by atoms with van der Waals surface area (Å²) in [5.41, 5.74) is 0.875. The Labute approximate surface area is 132 Å². The second-order valence-corrected chi connectivity index (χ2v) is 6.45. The number of likely N-dealkylation sites (N-methyl/N-ethyl adjacent to an activating group) is 1. The monoisotopic (exact) mass is 319 g/mol. The number of aryl methyl sites for hydroxylation is 1. The molecule has 0 saturated carbocycles. The van der Waals surface area contributed by atoms with Gasteiger partial charge in [-0.1, -0.05) is 0 Å². The molecule has 0 bridgehead atoms. The van der Waals surface area contributed by atoms with Gasteiger partial charge in [0.25, 0.3) is 0 Å². The molecule has 2 amide bonds. The van der Waals surface area contributed by atoms with E-state index in [1.807, 2.05) is 24.9 Å². The summed E-state index contributed by atoms with van der Waals surface area (Å²) < 4.78 is 6.16. The zero-order valence-corrected chi connectivity index (χ0v) is 13.3. The molecule has 2 fully saturated rings. The Balaban J connectivity index is 1.42. The summed E-state index contributed by atoms with van der Waals surface area (Å²) in [7, 11) is 1.82. The van der Waals surface area contributed by atoms with Crippen LogP contribution >= 0.6 is 11.5 Å². The maximum Gasteiger partial charge on any atom is 0.324 e. The average Bonchev–Trinajstić information content (AvgIpc) is 3.13. The molecule has 2 aromatic rings. The van der Waals surface area contributed by atoms with Crippen molar-refractivity contribution in [2.75, 3.05) is 43.0 Å². The first-order valence-electron chi connectivity index (χ1n) is 7.24. The van der Waals surface area contributed by atoms with Gasteiger partial charge in [0.05, 0.1) is 17.9 Å². The lowest BCUT2D eigenvalue weighted by molar-refractivity contribution is 0.229. The van der Waals surface area contributed by atoms with E-state index in [4.69, 9.17) is 0 Å². The van der Waals surface area contributed by atoms with Crippen molar-refractivity contribution in [1.29, 1.82) is 0 Å². The number of hydrogen-bond donors (Lipinski definition) is 0. The number of nitrogens with zero attached hydrogens (tertiary/aromatic N) is 7. The minimum Gasteiger partial charge on any atom is -0.342 e. The Morgan fingerprint density at radius 1 is 1.32 bits per heavy atom. The van der Waals surface area contributed by atoms with Gasteiger partial charge in [0.15, 0.2) is 0 Å². The van der Waals surface area contributed by atoms with Crippen molar-refractivity contribution in [3.63, 3.8) is 0 Å². The number of urea groups is 1. The highest BCUT2D eigenvalue weighted by molar-refractivity contribution is 7.09. The van der Waals surface area contributed by atoms with Crippen LogP contribution < -0.4 is 9.80 Å². The Morgan fingerprint density at radius 2 is 2.14 bits per heavy atom. The smallest absolute Gasteiger partial charge is 0.324 e. The van der Waals surface area contributed by atoms with Crippen molar-refractivity contribution in [1.82, 2.24) is 24.0 Å². The number of aromatic nitrogens is 4. The number of carbonyl (C=O) groups is 1. The lowest BCUT2D eigenvalue weighted by atomic mass is 10.1. The molecule has 2 aliphatic rings. The van der Waals surface area contributed by atoms with Crippen molar-refractivity contribution in [2.45, 2.75) is 13.0 Å². The molecule has 2 aliphatic heterocycles. The van der Waals surface area contributed by atoms with Gasteiger partial charge in [0, 0.05) is 51.0 Å². The third-order valence-corrected chi connectivity index (χ3v) is 5.01. The van der Waals surface area contributed by atoms with Gasteiger partial charge in [0.2, 0.25) is 5.13 Å². The molecule has 4 heterocycles. The Kier molecular flexibility index (Phi) is 3.03. The van der Waals surface area contributed by atoms with Crippen molar-refractivity contribution in [3.05, 3.63) is 18.2 Å². The predicted octanol–water partition coefficient (Wildman–Crippen LogP) is 0.976. The van der Waals surface area contributed by atoms with Gasteiger partial charge in [-0.15, -0.1) is 0 Å². The fraction of sp³-hybridized carbons (Fsp3) is 0.538. The van der Waals surface area contributed by atoms with Crippen LogP contribution in [0.15, 0.2) is 12.4 Å². The first kappa shape index (κ1) is 13.5. The molecule has 2 saturated heterocycles. The molecule has 4 rings (SSSR count). The van der Waals surface area contributed by atoms with Crippen LogP contribution in [0, 0.1) is 6.92 Å². The van der Waals surface area contributed by atoms with E-state index in [1.165, 1.54) is 11.5 Å². The van der Waals surface area contributed by atoms with E-state index in [0.29, 0.717) is 6.04 Å². The van der Waals surface area contributed by atoms with E-state index >= 15 is 0 Å². The average molecular weight is 319 g/mol.